The van der Waals surface area contributed by atoms with Gasteiger partial charge in [0.15, 0.2) is 0 Å². The third-order valence-corrected chi connectivity index (χ3v) is 7.63. The summed E-state index contributed by atoms with van der Waals surface area (Å²) in [6, 6.07) is 10.7. The number of carbonyl (C=O) groups is 4. The summed E-state index contributed by atoms with van der Waals surface area (Å²) in [5.74, 6) is -1.36. The van der Waals surface area contributed by atoms with Crippen LogP contribution in [0.3, 0.4) is 0 Å². The molecule has 0 unspecified atom stereocenters. The van der Waals surface area contributed by atoms with E-state index in [1.54, 1.807) is 21.9 Å². The Kier molecular flexibility index (Phi) is 7.07. The molecule has 0 aliphatic carbocycles. The highest BCUT2D eigenvalue weighted by Gasteiger charge is 2.30. The van der Waals surface area contributed by atoms with Gasteiger partial charge in [0.25, 0.3) is 0 Å². The van der Waals surface area contributed by atoms with Crippen LogP contribution < -0.4 is 5.32 Å². The molecular formula is C28H27BrN4O5. The minimum absolute atomic E-state index is 0.0544. The summed E-state index contributed by atoms with van der Waals surface area (Å²) in [7, 11) is 0. The molecule has 2 aromatic carbocycles. The van der Waals surface area contributed by atoms with Crippen molar-refractivity contribution in [3.63, 3.8) is 0 Å². The molecule has 3 amide bonds. The van der Waals surface area contributed by atoms with E-state index in [1.165, 1.54) is 6.08 Å². The minimum atomic E-state index is -0.987. The van der Waals surface area contributed by atoms with Crippen LogP contribution in [0.25, 0.3) is 10.9 Å². The van der Waals surface area contributed by atoms with Crippen molar-refractivity contribution in [2.45, 2.75) is 32.0 Å². The predicted molar refractivity (Wildman–Crippen MR) is 145 cm³/mol. The highest BCUT2D eigenvalue weighted by Crippen LogP contribution is 2.27. The number of carboxylic acids is 1. The molecule has 0 spiro atoms. The van der Waals surface area contributed by atoms with Crippen molar-refractivity contribution in [1.29, 1.82) is 0 Å². The van der Waals surface area contributed by atoms with Gasteiger partial charge in [-0.05, 0) is 59.5 Å². The number of amides is 3. The summed E-state index contributed by atoms with van der Waals surface area (Å²) in [5, 5.41) is 13.2. The molecule has 0 bridgehead atoms. The van der Waals surface area contributed by atoms with E-state index in [0.29, 0.717) is 32.6 Å². The molecule has 1 fully saturated rings. The van der Waals surface area contributed by atoms with Gasteiger partial charge in [-0.25, -0.2) is 4.79 Å². The molecule has 9 nitrogen and oxygen atoms in total. The number of carbonyl (C=O) groups excluding carboxylic acids is 3. The second kappa shape index (κ2) is 10.4. The van der Waals surface area contributed by atoms with Gasteiger partial charge in [0.05, 0.1) is 18.0 Å². The number of hydrogen-bond donors (Lipinski definition) is 2. The number of nitrogens with zero attached hydrogens (tertiary/aromatic N) is 3. The van der Waals surface area contributed by atoms with E-state index in [9.17, 15) is 24.3 Å². The highest BCUT2D eigenvalue weighted by atomic mass is 79.9. The van der Waals surface area contributed by atoms with Crippen LogP contribution in [-0.4, -0.2) is 68.8 Å². The molecule has 0 saturated carbocycles. The molecule has 1 aromatic heterocycles. The number of nitrogens with one attached hydrogen (secondary N) is 1. The lowest BCUT2D eigenvalue weighted by Crippen LogP contribution is -2.61. The van der Waals surface area contributed by atoms with Crippen molar-refractivity contribution in [3.8, 4) is 0 Å². The lowest BCUT2D eigenvalue weighted by Gasteiger charge is -2.38. The van der Waals surface area contributed by atoms with Gasteiger partial charge in [0.1, 0.15) is 6.54 Å². The van der Waals surface area contributed by atoms with Crippen LogP contribution in [0.15, 0.2) is 59.7 Å². The Balaban J connectivity index is 1.29. The first-order valence-electron chi connectivity index (χ1n) is 12.3. The Morgan fingerprint density at radius 3 is 2.61 bits per heavy atom. The summed E-state index contributed by atoms with van der Waals surface area (Å²) >= 11 is 3.51. The van der Waals surface area contributed by atoms with E-state index < -0.39 is 5.97 Å². The Labute approximate surface area is 227 Å². The van der Waals surface area contributed by atoms with E-state index in [-0.39, 0.29) is 42.3 Å². The van der Waals surface area contributed by atoms with Crippen LogP contribution in [0.5, 0.6) is 0 Å². The second-order valence-electron chi connectivity index (χ2n) is 9.69. The van der Waals surface area contributed by atoms with Crippen molar-refractivity contribution >= 4 is 50.5 Å². The van der Waals surface area contributed by atoms with E-state index in [4.69, 9.17) is 0 Å². The number of fused-ring (bicyclic) bond motifs is 2. The number of halogens is 1. The Hall–Kier alpha value is -3.92. The van der Waals surface area contributed by atoms with Crippen molar-refractivity contribution < 1.29 is 24.3 Å². The first kappa shape index (κ1) is 25.7. The van der Waals surface area contributed by atoms with Crippen molar-refractivity contribution in [1.82, 2.24) is 19.7 Å². The molecule has 5 rings (SSSR count). The zero-order valence-corrected chi connectivity index (χ0v) is 22.2. The number of likely N-dealkylation sites (tertiary alicyclic amines) is 1. The molecule has 10 heteroatoms. The van der Waals surface area contributed by atoms with Gasteiger partial charge in [-0.2, -0.15) is 0 Å². The van der Waals surface area contributed by atoms with E-state index in [0.717, 1.165) is 32.1 Å². The van der Waals surface area contributed by atoms with E-state index >= 15 is 0 Å². The van der Waals surface area contributed by atoms with Gasteiger partial charge < -0.3 is 24.8 Å². The Bertz CT molecular complexity index is 1470. The topological polar surface area (TPSA) is 112 Å². The van der Waals surface area contributed by atoms with Crippen LogP contribution in [-0.2, 0) is 40.3 Å². The fourth-order valence-corrected chi connectivity index (χ4v) is 5.46. The molecular weight excluding hydrogens is 552 g/mol. The van der Waals surface area contributed by atoms with Crippen LogP contribution in [0.4, 0.5) is 0 Å². The Morgan fingerprint density at radius 1 is 1.08 bits per heavy atom. The molecule has 196 valence electrons. The van der Waals surface area contributed by atoms with E-state index in [2.05, 4.69) is 27.8 Å². The lowest BCUT2D eigenvalue weighted by atomic mass is 9.97. The highest BCUT2D eigenvalue weighted by molar-refractivity contribution is 9.10. The fraction of sp³-hybridized carbons (Fsp3) is 0.286. The maximum atomic E-state index is 13.3. The minimum Gasteiger partial charge on any atom is -0.478 e. The number of benzene rings is 2. The van der Waals surface area contributed by atoms with Gasteiger partial charge in [-0.1, -0.05) is 28.6 Å². The van der Waals surface area contributed by atoms with Gasteiger partial charge in [0.2, 0.25) is 17.7 Å². The third-order valence-electron chi connectivity index (χ3n) is 7.13. The van der Waals surface area contributed by atoms with Crippen molar-refractivity contribution in [2.24, 2.45) is 0 Å². The van der Waals surface area contributed by atoms with Gasteiger partial charge in [-0.15, -0.1) is 0 Å². The molecule has 3 heterocycles. The van der Waals surface area contributed by atoms with Gasteiger partial charge in [0, 0.05) is 47.8 Å². The standard InChI is InChI=1S/C28H27BrN4O5/c1-2-26(35)33-14-22(15-33)30-25(34)16-32-13-20(23-11-21(29)5-6-24(23)32)10-27(36)31-8-7-17-3-4-18(28(37)38)9-19(17)12-31/h2-6,9,11,13,22H,1,7-8,10,12,14-16H2,(H,30,34)(H,37,38). The quantitative estimate of drug-likeness (QED) is 0.419. The normalized spacial score (nSPS) is 15.1. The molecule has 2 aliphatic rings. The molecule has 38 heavy (non-hydrogen) atoms. The summed E-state index contributed by atoms with van der Waals surface area (Å²) in [6.45, 7) is 5.42. The van der Waals surface area contributed by atoms with Crippen LogP contribution in [0.1, 0.15) is 27.0 Å². The molecule has 2 aliphatic heterocycles. The number of aromatic nitrogens is 1. The fourth-order valence-electron chi connectivity index (χ4n) is 5.10. The zero-order valence-electron chi connectivity index (χ0n) is 20.7. The van der Waals surface area contributed by atoms with Gasteiger partial charge >= 0.3 is 5.97 Å². The van der Waals surface area contributed by atoms with Gasteiger partial charge in [-0.3, -0.25) is 14.4 Å². The predicted octanol–water partition coefficient (Wildman–Crippen LogP) is 2.74. The summed E-state index contributed by atoms with van der Waals surface area (Å²) in [4.78, 5) is 52.5. The summed E-state index contributed by atoms with van der Waals surface area (Å²) < 4.78 is 2.71. The third kappa shape index (κ3) is 5.22. The second-order valence-corrected chi connectivity index (χ2v) is 10.6. The monoisotopic (exact) mass is 578 g/mol. The number of carboxylic acid groups (broad SMARTS) is 1. The molecule has 2 N–H and O–H groups in total. The molecule has 0 radical (unpaired) electrons. The van der Waals surface area contributed by atoms with Crippen LogP contribution in [0.2, 0.25) is 0 Å². The SMILES string of the molecule is C=CC(=O)N1CC(NC(=O)Cn2cc(CC(=O)N3CCc4ccc(C(=O)O)cc4C3)c3cc(Br)ccc32)C1. The first-order chi connectivity index (χ1) is 18.2. The average Bonchev–Trinajstić information content (AvgIpc) is 3.20. The van der Waals surface area contributed by atoms with E-state index in [1.807, 2.05) is 35.0 Å². The maximum absolute atomic E-state index is 13.3. The number of aromatic carboxylic acids is 1. The Morgan fingerprint density at radius 2 is 1.87 bits per heavy atom. The maximum Gasteiger partial charge on any atom is 0.335 e. The van der Waals surface area contributed by atoms with Crippen molar-refractivity contribution in [2.75, 3.05) is 19.6 Å². The smallest absolute Gasteiger partial charge is 0.335 e. The molecule has 3 aromatic rings. The first-order valence-corrected chi connectivity index (χ1v) is 13.1. The average molecular weight is 579 g/mol. The number of hydrogen-bond acceptors (Lipinski definition) is 4. The number of rotatable bonds is 7. The largest absolute Gasteiger partial charge is 0.478 e. The molecule has 1 saturated heterocycles. The summed E-state index contributed by atoms with van der Waals surface area (Å²) in [6.07, 6.45) is 3.95. The van der Waals surface area contributed by atoms with Crippen LogP contribution >= 0.6 is 15.9 Å². The van der Waals surface area contributed by atoms with Crippen molar-refractivity contribution in [3.05, 3.63) is 82.0 Å². The summed E-state index contributed by atoms with van der Waals surface area (Å²) in [5.41, 5.74) is 3.80. The zero-order chi connectivity index (χ0) is 27.0. The lowest BCUT2D eigenvalue weighted by molar-refractivity contribution is -0.133. The van der Waals surface area contributed by atoms with Crippen LogP contribution in [0, 0.1) is 0 Å². The molecule has 0 atom stereocenters.